The number of hydrogen-bond donors (Lipinski definition) is 0. The second kappa shape index (κ2) is 4.30. The summed E-state index contributed by atoms with van der Waals surface area (Å²) >= 11 is 0. The summed E-state index contributed by atoms with van der Waals surface area (Å²) in [5.41, 5.74) is -1.21. The van der Waals surface area contributed by atoms with Crippen LogP contribution in [-0.4, -0.2) is 50.8 Å². The minimum atomic E-state index is -1.99. The van der Waals surface area contributed by atoms with E-state index in [4.69, 9.17) is 18.6 Å². The molecule has 1 saturated carbocycles. The van der Waals surface area contributed by atoms with Crippen molar-refractivity contribution in [1.29, 1.82) is 0 Å². The maximum atomic E-state index is 12.3. The Morgan fingerprint density at radius 3 is 2.48 bits per heavy atom. The van der Waals surface area contributed by atoms with Gasteiger partial charge in [-0.2, -0.15) is 0 Å². The van der Waals surface area contributed by atoms with Crippen LogP contribution in [0.4, 0.5) is 4.79 Å². The number of Topliss-reactive ketones (excluding diaryl/α,β-unsaturated/α-hetero) is 1. The molecule has 2 aliphatic heterocycles. The Labute approximate surface area is 125 Å². The van der Waals surface area contributed by atoms with Gasteiger partial charge in [0.25, 0.3) is 0 Å². The standard InChI is InChI=1S/C14H22O6Si/c1-13(2,3)21(4,5)20-8-6-14(7-17-12(16)19-14)11(15)10-9(8)18-10/h8-10H,6-7H2,1-5H3/t8-,9+,10+,14?/m0/s1. The van der Waals surface area contributed by atoms with Crippen LogP contribution in [0.25, 0.3) is 0 Å². The highest BCUT2D eigenvalue weighted by Gasteiger charge is 2.67. The van der Waals surface area contributed by atoms with Crippen molar-refractivity contribution in [1.82, 2.24) is 0 Å². The van der Waals surface area contributed by atoms with Gasteiger partial charge in [-0.15, -0.1) is 0 Å². The SMILES string of the molecule is CC(C)(C)[Si](C)(C)O[C@H]1CC2(COC(=O)O2)C(=O)[C@@H]2O[C@H]12. The van der Waals surface area contributed by atoms with E-state index in [1.165, 1.54) is 0 Å². The molecular formula is C14H22O6Si. The first-order chi connectivity index (χ1) is 9.56. The van der Waals surface area contributed by atoms with Gasteiger partial charge in [0.2, 0.25) is 11.4 Å². The van der Waals surface area contributed by atoms with Crippen molar-refractivity contribution in [2.24, 2.45) is 0 Å². The van der Waals surface area contributed by atoms with Gasteiger partial charge in [0, 0.05) is 6.42 Å². The zero-order chi connectivity index (χ0) is 15.6. The lowest BCUT2D eigenvalue weighted by Crippen LogP contribution is -2.56. The van der Waals surface area contributed by atoms with Gasteiger partial charge in [0.05, 0.1) is 6.10 Å². The largest absolute Gasteiger partial charge is 0.509 e. The molecule has 2 heterocycles. The molecule has 118 valence electrons. The van der Waals surface area contributed by atoms with Crippen LogP contribution >= 0.6 is 0 Å². The highest BCUT2D eigenvalue weighted by Crippen LogP contribution is 2.47. The lowest BCUT2D eigenvalue weighted by molar-refractivity contribution is -0.139. The molecular weight excluding hydrogens is 292 g/mol. The number of ether oxygens (including phenoxy) is 3. The van der Waals surface area contributed by atoms with E-state index in [0.29, 0.717) is 6.42 Å². The molecule has 0 radical (unpaired) electrons. The van der Waals surface area contributed by atoms with Gasteiger partial charge in [0.15, 0.2) is 8.32 Å². The highest BCUT2D eigenvalue weighted by molar-refractivity contribution is 6.74. The van der Waals surface area contributed by atoms with Crippen LogP contribution in [0.15, 0.2) is 0 Å². The quantitative estimate of drug-likeness (QED) is 0.441. The van der Waals surface area contributed by atoms with Crippen molar-refractivity contribution >= 4 is 20.3 Å². The number of fused-ring (bicyclic) bond motifs is 1. The first-order valence-corrected chi connectivity index (χ1v) is 10.2. The Bertz CT molecular complexity index is 496. The Hall–Kier alpha value is -0.923. The van der Waals surface area contributed by atoms with Crippen molar-refractivity contribution in [2.45, 2.75) is 69.2 Å². The lowest BCUT2D eigenvalue weighted by atomic mass is 9.82. The summed E-state index contributed by atoms with van der Waals surface area (Å²) in [6.45, 7) is 10.8. The van der Waals surface area contributed by atoms with Gasteiger partial charge in [-0.1, -0.05) is 20.8 Å². The Balaban J connectivity index is 1.79. The first kappa shape index (κ1) is 15.0. The van der Waals surface area contributed by atoms with Crippen LogP contribution in [0.3, 0.4) is 0 Å². The minimum Gasteiger partial charge on any atom is -0.429 e. The number of epoxide rings is 1. The number of carbonyl (C=O) groups is 2. The summed E-state index contributed by atoms with van der Waals surface area (Å²) in [4.78, 5) is 23.6. The van der Waals surface area contributed by atoms with Gasteiger partial charge in [-0.3, -0.25) is 4.79 Å². The van der Waals surface area contributed by atoms with Crippen molar-refractivity contribution in [2.75, 3.05) is 6.61 Å². The van der Waals surface area contributed by atoms with Crippen LogP contribution in [-0.2, 0) is 23.4 Å². The molecule has 0 aromatic carbocycles. The van der Waals surface area contributed by atoms with Crippen molar-refractivity contribution in [3.8, 4) is 0 Å². The molecule has 2 saturated heterocycles. The topological polar surface area (TPSA) is 74.4 Å². The second-order valence-corrected chi connectivity index (χ2v) is 12.4. The van der Waals surface area contributed by atoms with E-state index >= 15 is 0 Å². The molecule has 0 aromatic heterocycles. The fourth-order valence-corrected chi connectivity index (χ4v) is 4.03. The first-order valence-electron chi connectivity index (χ1n) is 7.29. The van der Waals surface area contributed by atoms with Crippen LogP contribution in [0.1, 0.15) is 27.2 Å². The normalized spacial score (nSPS) is 39.0. The fraction of sp³-hybridized carbons (Fsp3) is 0.857. The third-order valence-electron chi connectivity index (χ3n) is 5.08. The van der Waals surface area contributed by atoms with E-state index in [1.54, 1.807) is 0 Å². The predicted molar refractivity (Wildman–Crippen MR) is 75.5 cm³/mol. The monoisotopic (exact) mass is 314 g/mol. The molecule has 0 bridgehead atoms. The number of cyclic esters (lactones) is 1. The molecule has 3 fully saturated rings. The van der Waals surface area contributed by atoms with E-state index in [0.717, 1.165) is 0 Å². The summed E-state index contributed by atoms with van der Waals surface area (Å²) in [6, 6.07) is 0. The zero-order valence-corrected chi connectivity index (χ0v) is 14.1. The number of rotatable bonds is 2. The molecule has 6 nitrogen and oxygen atoms in total. The highest BCUT2D eigenvalue weighted by atomic mass is 28.4. The summed E-state index contributed by atoms with van der Waals surface area (Å²) in [6.07, 6.45) is -1.39. The Morgan fingerprint density at radius 1 is 1.29 bits per heavy atom. The van der Waals surface area contributed by atoms with Crippen LogP contribution in [0.2, 0.25) is 18.1 Å². The molecule has 0 N–H and O–H groups in total. The Kier molecular flexibility index (Phi) is 3.07. The molecule has 1 spiro atoms. The molecule has 7 heteroatoms. The molecule has 0 aromatic rings. The molecule has 4 atom stereocenters. The average molecular weight is 314 g/mol. The van der Waals surface area contributed by atoms with Crippen LogP contribution in [0.5, 0.6) is 0 Å². The second-order valence-electron chi connectivity index (χ2n) is 7.64. The zero-order valence-electron chi connectivity index (χ0n) is 13.1. The maximum Gasteiger partial charge on any atom is 0.509 e. The van der Waals surface area contributed by atoms with E-state index in [-0.39, 0.29) is 29.6 Å². The maximum absolute atomic E-state index is 12.3. The minimum absolute atomic E-state index is 0.0331. The van der Waals surface area contributed by atoms with Gasteiger partial charge in [-0.05, 0) is 18.1 Å². The molecule has 3 rings (SSSR count). The van der Waals surface area contributed by atoms with E-state index < -0.39 is 26.2 Å². The average Bonchev–Trinajstić information content (AvgIpc) is 3.05. The van der Waals surface area contributed by atoms with Crippen molar-refractivity contribution < 1.29 is 28.2 Å². The predicted octanol–water partition coefficient (Wildman–Crippen LogP) is 2.02. The van der Waals surface area contributed by atoms with Gasteiger partial charge in [-0.25, -0.2) is 4.79 Å². The lowest BCUT2D eigenvalue weighted by Gasteiger charge is -2.41. The molecule has 3 aliphatic rings. The molecule has 1 aliphatic carbocycles. The summed E-state index contributed by atoms with van der Waals surface area (Å²) in [5, 5.41) is 0.0643. The van der Waals surface area contributed by atoms with Gasteiger partial charge in [0.1, 0.15) is 18.8 Å². The fourth-order valence-electron chi connectivity index (χ4n) is 2.70. The van der Waals surface area contributed by atoms with E-state index in [1.807, 2.05) is 0 Å². The van der Waals surface area contributed by atoms with Crippen LogP contribution in [0, 0.1) is 0 Å². The number of hydrogen-bond acceptors (Lipinski definition) is 6. The van der Waals surface area contributed by atoms with Crippen molar-refractivity contribution in [3.05, 3.63) is 0 Å². The number of ketones is 1. The van der Waals surface area contributed by atoms with Gasteiger partial charge >= 0.3 is 6.16 Å². The number of carbonyl (C=O) groups excluding carboxylic acids is 2. The van der Waals surface area contributed by atoms with Gasteiger partial charge < -0.3 is 18.6 Å². The third-order valence-corrected chi connectivity index (χ3v) is 9.59. The Morgan fingerprint density at radius 2 is 1.95 bits per heavy atom. The van der Waals surface area contributed by atoms with E-state index in [2.05, 4.69) is 33.9 Å². The molecule has 21 heavy (non-hydrogen) atoms. The van der Waals surface area contributed by atoms with Crippen molar-refractivity contribution in [3.63, 3.8) is 0 Å². The summed E-state index contributed by atoms with van der Waals surface area (Å²) in [7, 11) is -1.99. The molecule has 0 amide bonds. The van der Waals surface area contributed by atoms with E-state index in [9.17, 15) is 9.59 Å². The van der Waals surface area contributed by atoms with Crippen LogP contribution < -0.4 is 0 Å². The summed E-state index contributed by atoms with van der Waals surface area (Å²) < 4.78 is 21.9. The summed E-state index contributed by atoms with van der Waals surface area (Å²) in [5.74, 6) is -0.187. The third kappa shape index (κ3) is 2.31. The molecule has 1 unspecified atom stereocenters. The smallest absolute Gasteiger partial charge is 0.429 e.